The van der Waals surface area contributed by atoms with Gasteiger partial charge >= 0.3 is 0 Å². The molecule has 2 N–H and O–H groups in total. The molecule has 1 aromatic carbocycles. The lowest BCUT2D eigenvalue weighted by Gasteiger charge is -2.18. The van der Waals surface area contributed by atoms with E-state index in [1.165, 1.54) is 73.6 Å². The van der Waals surface area contributed by atoms with Crippen LogP contribution in [0.25, 0.3) is 0 Å². The maximum absolute atomic E-state index is 5.10. The number of benzene rings is 1. The largest absolute Gasteiger partial charge is 0.381 e. The van der Waals surface area contributed by atoms with Crippen LogP contribution in [0, 0.1) is 0 Å². The van der Waals surface area contributed by atoms with Crippen LogP contribution in [0.3, 0.4) is 0 Å². The highest BCUT2D eigenvalue weighted by Gasteiger charge is 2.32. The maximum atomic E-state index is 5.10. The maximum Gasteiger partial charge on any atom is 0.0907 e. The zero-order valence-electron chi connectivity index (χ0n) is 15.5. The van der Waals surface area contributed by atoms with Crippen molar-refractivity contribution in [3.8, 4) is 0 Å². The number of nitrogens with zero attached hydrogens (tertiary/aromatic N) is 2. The van der Waals surface area contributed by atoms with E-state index in [-0.39, 0.29) is 0 Å². The third kappa shape index (κ3) is 3.48. The van der Waals surface area contributed by atoms with Crippen LogP contribution in [0.4, 0.5) is 11.4 Å². The Balaban J connectivity index is 1.25. The van der Waals surface area contributed by atoms with E-state index in [0.717, 1.165) is 18.7 Å². The van der Waals surface area contributed by atoms with Crippen molar-refractivity contribution < 1.29 is 0 Å². The van der Waals surface area contributed by atoms with Crippen molar-refractivity contribution in [3.05, 3.63) is 23.8 Å². The molecule has 0 bridgehead atoms. The second-order valence-corrected chi connectivity index (χ2v) is 9.35. The van der Waals surface area contributed by atoms with Gasteiger partial charge in [0.05, 0.1) is 28.5 Å². The molecule has 1 saturated carbocycles. The predicted octanol–water partition coefficient (Wildman–Crippen LogP) is 3.99. The first-order valence-corrected chi connectivity index (χ1v) is 11.4. The molecule has 1 unspecified atom stereocenters. The fraction of sp³-hybridized carbons (Fsp3) is 0.667. The van der Waals surface area contributed by atoms with Crippen molar-refractivity contribution in [1.29, 1.82) is 0 Å². The molecule has 2 fully saturated rings. The summed E-state index contributed by atoms with van der Waals surface area (Å²) in [5, 5.41) is 8.93. The van der Waals surface area contributed by atoms with Crippen molar-refractivity contribution in [2.75, 3.05) is 36.0 Å². The molecule has 3 aliphatic heterocycles. The highest BCUT2D eigenvalue weighted by atomic mass is 32.2. The molecule has 5 heteroatoms. The van der Waals surface area contributed by atoms with Crippen LogP contribution in [-0.4, -0.2) is 53.5 Å². The summed E-state index contributed by atoms with van der Waals surface area (Å²) in [6.45, 7) is 3.70. The van der Waals surface area contributed by atoms with Crippen LogP contribution >= 0.6 is 11.8 Å². The van der Waals surface area contributed by atoms with E-state index in [9.17, 15) is 0 Å². The number of para-hydroxylation sites is 1. The van der Waals surface area contributed by atoms with Crippen LogP contribution < -0.4 is 10.6 Å². The molecular formula is C21H30N4S. The topological polar surface area (TPSA) is 39.7 Å². The first-order valence-electron chi connectivity index (χ1n) is 10.4. The van der Waals surface area contributed by atoms with E-state index in [0.29, 0.717) is 18.1 Å². The third-order valence-corrected chi connectivity index (χ3v) is 7.54. The Morgan fingerprint density at radius 3 is 2.85 bits per heavy atom. The number of anilines is 2. The van der Waals surface area contributed by atoms with Gasteiger partial charge in [0.2, 0.25) is 0 Å². The zero-order valence-corrected chi connectivity index (χ0v) is 16.4. The molecule has 5 rings (SSSR count). The fourth-order valence-corrected chi connectivity index (χ4v) is 6.04. The van der Waals surface area contributed by atoms with Gasteiger partial charge in [-0.25, -0.2) is 0 Å². The van der Waals surface area contributed by atoms with Gasteiger partial charge in [0.15, 0.2) is 0 Å². The molecule has 3 heterocycles. The molecule has 4 aliphatic rings. The lowest BCUT2D eigenvalue weighted by Crippen LogP contribution is -2.29. The summed E-state index contributed by atoms with van der Waals surface area (Å²) in [4.78, 5) is 7.70. The van der Waals surface area contributed by atoms with Gasteiger partial charge in [0.25, 0.3) is 0 Å². The van der Waals surface area contributed by atoms with Gasteiger partial charge in [0, 0.05) is 24.8 Å². The summed E-state index contributed by atoms with van der Waals surface area (Å²) in [5.41, 5.74) is 4.08. The number of thioether (sulfide) groups is 1. The lowest BCUT2D eigenvalue weighted by atomic mass is 10.1. The molecular weight excluding hydrogens is 340 g/mol. The Morgan fingerprint density at radius 1 is 1.15 bits per heavy atom. The number of hydrogen-bond donors (Lipinski definition) is 2. The van der Waals surface area contributed by atoms with E-state index in [1.54, 1.807) is 0 Å². The van der Waals surface area contributed by atoms with Crippen molar-refractivity contribution >= 4 is 28.2 Å². The molecule has 4 nitrogen and oxygen atoms in total. The summed E-state index contributed by atoms with van der Waals surface area (Å²) >= 11 is 1.98. The Kier molecular flexibility index (Phi) is 4.84. The molecule has 0 aromatic heterocycles. The van der Waals surface area contributed by atoms with Crippen LogP contribution in [-0.2, 0) is 6.42 Å². The fourth-order valence-electron chi connectivity index (χ4n) is 4.93. The van der Waals surface area contributed by atoms with Crippen molar-refractivity contribution in [1.82, 2.24) is 4.90 Å². The van der Waals surface area contributed by atoms with Gasteiger partial charge in [-0.15, -0.1) is 11.8 Å². The number of fused-ring (bicyclic) bond motifs is 1. The standard InChI is InChI=1S/C21H30N4S/c1-2-8-16(7-1)22-18-9-5-6-15-12-19(24-20(15)18)21-23-17(14-26-21)13-25-10-3-4-11-25/h5-6,9,16-17,19,22,24H,1-4,7-8,10-14H2/t17-,19?/m1/s1. The van der Waals surface area contributed by atoms with Crippen LogP contribution in [0.2, 0.25) is 0 Å². The van der Waals surface area contributed by atoms with Gasteiger partial charge in [-0.3, -0.25) is 4.99 Å². The highest BCUT2D eigenvalue weighted by molar-refractivity contribution is 8.14. The van der Waals surface area contributed by atoms with Crippen molar-refractivity contribution in [3.63, 3.8) is 0 Å². The zero-order chi connectivity index (χ0) is 17.3. The minimum absolute atomic E-state index is 0.380. The number of likely N-dealkylation sites (tertiary alicyclic amines) is 1. The third-order valence-electron chi connectivity index (χ3n) is 6.31. The Morgan fingerprint density at radius 2 is 2.00 bits per heavy atom. The van der Waals surface area contributed by atoms with E-state index >= 15 is 0 Å². The second kappa shape index (κ2) is 7.43. The molecule has 140 valence electrons. The first kappa shape index (κ1) is 16.9. The number of rotatable bonds is 5. The Hall–Kier alpha value is -1.20. The van der Waals surface area contributed by atoms with Crippen molar-refractivity contribution in [2.24, 2.45) is 4.99 Å². The van der Waals surface area contributed by atoms with Gasteiger partial charge in [-0.1, -0.05) is 25.0 Å². The second-order valence-electron chi connectivity index (χ2n) is 8.31. The highest BCUT2D eigenvalue weighted by Crippen LogP contribution is 2.37. The van der Waals surface area contributed by atoms with Gasteiger partial charge in [-0.05, 0) is 50.4 Å². The van der Waals surface area contributed by atoms with E-state index in [2.05, 4.69) is 33.7 Å². The van der Waals surface area contributed by atoms with E-state index in [1.807, 2.05) is 11.8 Å². The van der Waals surface area contributed by atoms with Crippen LogP contribution in [0.1, 0.15) is 44.1 Å². The average Bonchev–Trinajstić information content (AvgIpc) is 3.43. The summed E-state index contributed by atoms with van der Waals surface area (Å²) in [6.07, 6.45) is 9.18. The smallest absolute Gasteiger partial charge is 0.0907 e. The molecule has 1 aliphatic carbocycles. The number of nitrogens with one attached hydrogen (secondary N) is 2. The van der Waals surface area contributed by atoms with Crippen LogP contribution in [0.15, 0.2) is 23.2 Å². The molecule has 0 radical (unpaired) electrons. The molecule has 1 aromatic rings. The predicted molar refractivity (Wildman–Crippen MR) is 113 cm³/mol. The lowest BCUT2D eigenvalue weighted by molar-refractivity contribution is 0.324. The first-order chi connectivity index (χ1) is 12.8. The molecule has 0 spiro atoms. The van der Waals surface area contributed by atoms with Crippen molar-refractivity contribution in [2.45, 2.75) is 63.1 Å². The van der Waals surface area contributed by atoms with Gasteiger partial charge in [0.1, 0.15) is 0 Å². The number of hydrogen-bond acceptors (Lipinski definition) is 5. The number of aliphatic imine (C=N–C) groups is 1. The van der Waals surface area contributed by atoms with Gasteiger partial charge < -0.3 is 15.5 Å². The molecule has 0 amide bonds. The summed E-state index contributed by atoms with van der Waals surface area (Å²) in [5.74, 6) is 1.16. The molecule has 26 heavy (non-hydrogen) atoms. The van der Waals surface area contributed by atoms with Crippen LogP contribution in [0.5, 0.6) is 0 Å². The normalized spacial score (nSPS) is 29.0. The molecule has 1 saturated heterocycles. The minimum Gasteiger partial charge on any atom is -0.381 e. The summed E-state index contributed by atoms with van der Waals surface area (Å²) in [7, 11) is 0. The Bertz CT molecular complexity index is 677. The quantitative estimate of drug-likeness (QED) is 0.822. The average molecular weight is 371 g/mol. The van der Waals surface area contributed by atoms with E-state index < -0.39 is 0 Å². The summed E-state index contributed by atoms with van der Waals surface area (Å²) < 4.78 is 0. The van der Waals surface area contributed by atoms with Gasteiger partial charge in [-0.2, -0.15) is 0 Å². The summed E-state index contributed by atoms with van der Waals surface area (Å²) in [6, 6.07) is 8.27. The SMILES string of the molecule is c1cc2c(c(NC3CCCC3)c1)NC(C1=N[C@H](CN3CCCC3)CS1)C2. The minimum atomic E-state index is 0.380. The monoisotopic (exact) mass is 370 g/mol. The molecule has 2 atom stereocenters. The Labute approximate surface area is 161 Å². The van der Waals surface area contributed by atoms with E-state index in [4.69, 9.17) is 4.99 Å².